The van der Waals surface area contributed by atoms with Gasteiger partial charge in [-0.1, -0.05) is 12.1 Å². The molecule has 2 N–H and O–H groups in total. The number of H-pyrrole nitrogens is 1. The van der Waals surface area contributed by atoms with Gasteiger partial charge in [-0.2, -0.15) is 0 Å². The van der Waals surface area contributed by atoms with Gasteiger partial charge in [0.1, 0.15) is 5.82 Å². The summed E-state index contributed by atoms with van der Waals surface area (Å²) in [5, 5.41) is 3.02. The average molecular weight is 379 g/mol. The van der Waals surface area contributed by atoms with Crippen LogP contribution in [0.3, 0.4) is 0 Å². The van der Waals surface area contributed by atoms with E-state index in [-0.39, 0.29) is 12.1 Å². The van der Waals surface area contributed by atoms with Gasteiger partial charge in [0.25, 0.3) is 0 Å². The molecule has 0 unspecified atom stereocenters. The van der Waals surface area contributed by atoms with Crippen molar-refractivity contribution in [2.45, 2.75) is 39.0 Å². The van der Waals surface area contributed by atoms with Crippen LogP contribution in [0.1, 0.15) is 29.8 Å². The first kappa shape index (κ1) is 18.4. The number of imidazole rings is 1. The second-order valence-electron chi connectivity index (χ2n) is 7.19. The number of carbonyl (C=O) groups is 1. The van der Waals surface area contributed by atoms with Gasteiger partial charge in [-0.05, 0) is 49.1 Å². The fourth-order valence-corrected chi connectivity index (χ4v) is 3.51. The lowest BCUT2D eigenvalue weighted by atomic mass is 10.1. The molecule has 0 radical (unpaired) electrons. The molecule has 0 aliphatic carbocycles. The van der Waals surface area contributed by atoms with E-state index < -0.39 is 0 Å². The number of fused-ring (bicyclic) bond motifs is 1. The summed E-state index contributed by atoms with van der Waals surface area (Å²) in [5.41, 5.74) is 4.07. The number of pyridine rings is 1. The Hall–Kier alpha value is -2.93. The molecule has 7 heteroatoms. The molecule has 1 saturated heterocycles. The molecule has 4 rings (SSSR count). The monoisotopic (exact) mass is 379 g/mol. The third-order valence-corrected chi connectivity index (χ3v) is 5.05. The third kappa shape index (κ3) is 4.48. The first-order valence-electron chi connectivity index (χ1n) is 9.66. The van der Waals surface area contributed by atoms with E-state index in [4.69, 9.17) is 4.74 Å². The van der Waals surface area contributed by atoms with Crippen LogP contribution in [0.15, 0.2) is 42.7 Å². The zero-order valence-corrected chi connectivity index (χ0v) is 16.0. The summed E-state index contributed by atoms with van der Waals surface area (Å²) in [5.74, 6) is 0.893. The van der Waals surface area contributed by atoms with E-state index in [1.807, 2.05) is 48.4 Å². The van der Waals surface area contributed by atoms with Crippen LogP contribution in [0.4, 0.5) is 4.79 Å². The Bertz CT molecular complexity index is 932. The number of aromatic nitrogens is 3. The van der Waals surface area contributed by atoms with Crippen molar-refractivity contribution >= 4 is 17.1 Å². The maximum Gasteiger partial charge on any atom is 0.317 e. The van der Waals surface area contributed by atoms with E-state index in [9.17, 15) is 4.79 Å². The Morgan fingerprint density at radius 2 is 2.14 bits per heavy atom. The lowest BCUT2D eigenvalue weighted by Crippen LogP contribution is -2.45. The molecule has 28 heavy (non-hydrogen) atoms. The Labute approximate surface area is 164 Å². The normalized spacial score (nSPS) is 15.1. The highest BCUT2D eigenvalue weighted by molar-refractivity contribution is 5.77. The Balaban J connectivity index is 1.22. The van der Waals surface area contributed by atoms with Gasteiger partial charge in [-0.25, -0.2) is 9.78 Å². The number of aryl methyl sites for hydroxylation is 1. The summed E-state index contributed by atoms with van der Waals surface area (Å²) in [7, 11) is 0. The molecule has 0 atom stereocenters. The van der Waals surface area contributed by atoms with E-state index in [0.29, 0.717) is 26.2 Å². The lowest BCUT2D eigenvalue weighted by molar-refractivity contribution is 0.00434. The molecule has 0 bridgehead atoms. The van der Waals surface area contributed by atoms with Crippen LogP contribution in [0, 0.1) is 6.92 Å². The van der Waals surface area contributed by atoms with Gasteiger partial charge < -0.3 is 19.9 Å². The van der Waals surface area contributed by atoms with Crippen molar-refractivity contribution in [3.05, 3.63) is 59.7 Å². The highest BCUT2D eigenvalue weighted by Crippen LogP contribution is 2.16. The molecule has 3 heterocycles. The SMILES string of the molecule is Cc1nc2ccc(CNC(=O)N3CCC(OCc4cccnc4)CC3)cc2[nH]1. The minimum absolute atomic E-state index is 0.0217. The molecule has 3 aromatic rings. The molecule has 1 aliphatic rings. The lowest BCUT2D eigenvalue weighted by Gasteiger charge is -2.32. The number of aromatic amines is 1. The molecule has 146 valence electrons. The van der Waals surface area contributed by atoms with Gasteiger partial charge in [0.15, 0.2) is 0 Å². The second kappa shape index (κ2) is 8.39. The van der Waals surface area contributed by atoms with Crippen molar-refractivity contribution in [1.82, 2.24) is 25.2 Å². The van der Waals surface area contributed by atoms with Crippen LogP contribution in [-0.2, 0) is 17.9 Å². The van der Waals surface area contributed by atoms with Gasteiger partial charge in [-0.15, -0.1) is 0 Å². The highest BCUT2D eigenvalue weighted by atomic mass is 16.5. The molecule has 1 aliphatic heterocycles. The summed E-state index contributed by atoms with van der Waals surface area (Å²) < 4.78 is 5.96. The smallest absolute Gasteiger partial charge is 0.317 e. The summed E-state index contributed by atoms with van der Waals surface area (Å²) in [6.07, 6.45) is 5.48. The predicted molar refractivity (Wildman–Crippen MR) is 107 cm³/mol. The Morgan fingerprint density at radius 3 is 2.93 bits per heavy atom. The highest BCUT2D eigenvalue weighted by Gasteiger charge is 2.23. The maximum atomic E-state index is 12.5. The van der Waals surface area contributed by atoms with Crippen molar-refractivity contribution in [3.63, 3.8) is 0 Å². The molecule has 0 saturated carbocycles. The first-order valence-corrected chi connectivity index (χ1v) is 9.66. The minimum Gasteiger partial charge on any atom is -0.373 e. The van der Waals surface area contributed by atoms with E-state index in [1.165, 1.54) is 0 Å². The van der Waals surface area contributed by atoms with Crippen molar-refractivity contribution in [3.8, 4) is 0 Å². The largest absolute Gasteiger partial charge is 0.373 e. The zero-order valence-electron chi connectivity index (χ0n) is 16.0. The van der Waals surface area contributed by atoms with E-state index in [1.54, 1.807) is 6.20 Å². The Morgan fingerprint density at radius 1 is 1.29 bits per heavy atom. The van der Waals surface area contributed by atoms with E-state index >= 15 is 0 Å². The number of carbonyl (C=O) groups excluding carboxylic acids is 1. The Kier molecular flexibility index (Phi) is 5.53. The fraction of sp³-hybridized carbons (Fsp3) is 0.381. The van der Waals surface area contributed by atoms with Crippen LogP contribution in [0.2, 0.25) is 0 Å². The number of nitrogens with zero attached hydrogens (tertiary/aromatic N) is 3. The maximum absolute atomic E-state index is 12.5. The molecule has 2 amide bonds. The molecule has 0 spiro atoms. The van der Waals surface area contributed by atoms with Crippen molar-refractivity contribution in [2.75, 3.05) is 13.1 Å². The minimum atomic E-state index is -0.0217. The van der Waals surface area contributed by atoms with Crippen LogP contribution >= 0.6 is 0 Å². The molecule has 2 aromatic heterocycles. The molecule has 1 aromatic carbocycles. The van der Waals surface area contributed by atoms with Crippen LogP contribution in [0.5, 0.6) is 0 Å². The number of likely N-dealkylation sites (tertiary alicyclic amines) is 1. The second-order valence-corrected chi connectivity index (χ2v) is 7.19. The van der Waals surface area contributed by atoms with Crippen molar-refractivity contribution in [2.24, 2.45) is 0 Å². The van der Waals surface area contributed by atoms with Crippen molar-refractivity contribution in [1.29, 1.82) is 0 Å². The number of hydrogen-bond acceptors (Lipinski definition) is 4. The predicted octanol–water partition coefficient (Wildman–Crippen LogP) is 3.16. The number of piperidine rings is 1. The summed E-state index contributed by atoms with van der Waals surface area (Å²) in [4.78, 5) is 26.1. The first-order chi connectivity index (χ1) is 13.7. The van der Waals surface area contributed by atoms with E-state index in [0.717, 1.165) is 40.8 Å². The molecular weight excluding hydrogens is 354 g/mol. The number of ether oxygens (including phenoxy) is 1. The van der Waals surface area contributed by atoms with E-state index in [2.05, 4.69) is 20.3 Å². The molecule has 1 fully saturated rings. The van der Waals surface area contributed by atoms with Gasteiger partial charge in [0.05, 0.1) is 23.7 Å². The molecular formula is C21H25N5O2. The van der Waals surface area contributed by atoms with Crippen LogP contribution in [0.25, 0.3) is 11.0 Å². The van der Waals surface area contributed by atoms with Crippen LogP contribution in [-0.4, -0.2) is 45.1 Å². The van der Waals surface area contributed by atoms with Gasteiger partial charge >= 0.3 is 6.03 Å². The number of urea groups is 1. The summed E-state index contributed by atoms with van der Waals surface area (Å²) in [6, 6.07) is 9.92. The van der Waals surface area contributed by atoms with Gasteiger partial charge in [0, 0.05) is 32.0 Å². The summed E-state index contributed by atoms with van der Waals surface area (Å²) >= 11 is 0. The number of hydrogen-bond donors (Lipinski definition) is 2. The fourth-order valence-electron chi connectivity index (χ4n) is 3.51. The number of nitrogens with one attached hydrogen (secondary N) is 2. The van der Waals surface area contributed by atoms with Crippen LogP contribution < -0.4 is 5.32 Å². The van der Waals surface area contributed by atoms with Crippen molar-refractivity contribution < 1.29 is 9.53 Å². The number of amides is 2. The average Bonchev–Trinajstić information content (AvgIpc) is 3.11. The number of rotatable bonds is 5. The zero-order chi connectivity index (χ0) is 19.3. The number of benzene rings is 1. The quantitative estimate of drug-likeness (QED) is 0.713. The third-order valence-electron chi connectivity index (χ3n) is 5.05. The molecule has 7 nitrogen and oxygen atoms in total. The standard InChI is InChI=1S/C21H25N5O2/c1-15-24-19-5-4-16(11-20(19)25-15)13-23-21(27)26-9-6-18(7-10-26)28-14-17-3-2-8-22-12-17/h2-5,8,11-12,18H,6-7,9-10,13-14H2,1H3,(H,23,27)(H,24,25). The topological polar surface area (TPSA) is 83.1 Å². The van der Waals surface area contributed by atoms with Gasteiger partial charge in [-0.3, -0.25) is 4.98 Å². The van der Waals surface area contributed by atoms with Gasteiger partial charge in [0.2, 0.25) is 0 Å². The summed E-state index contributed by atoms with van der Waals surface area (Å²) in [6.45, 7) is 4.43.